The molecule has 0 aromatic rings. The average molecular weight is 298 g/mol. The van der Waals surface area contributed by atoms with Gasteiger partial charge in [0.1, 0.15) is 0 Å². The quantitative estimate of drug-likeness (QED) is 0.609. The molecule has 1 amide bonds. The Hall–Kier alpha value is -1.10. The summed E-state index contributed by atoms with van der Waals surface area (Å²) >= 11 is 0. The van der Waals surface area contributed by atoms with E-state index in [2.05, 4.69) is 24.5 Å². The van der Waals surface area contributed by atoms with Gasteiger partial charge in [0.15, 0.2) is 0 Å². The topological polar surface area (TPSA) is 78.4 Å². The lowest BCUT2D eigenvalue weighted by atomic mass is 9.92. The molecule has 3 unspecified atom stereocenters. The molecule has 0 radical (unpaired) electrons. The van der Waals surface area contributed by atoms with Crippen molar-refractivity contribution in [1.29, 1.82) is 0 Å². The van der Waals surface area contributed by atoms with Crippen LogP contribution in [0.5, 0.6) is 0 Å². The summed E-state index contributed by atoms with van der Waals surface area (Å²) < 4.78 is 0. The van der Waals surface area contributed by atoms with Crippen LogP contribution in [0.3, 0.4) is 0 Å². The Balaban J connectivity index is 2.25. The number of piperidine rings is 1. The number of amides is 1. The second kappa shape index (κ2) is 9.77. The van der Waals surface area contributed by atoms with Gasteiger partial charge in [0.25, 0.3) is 0 Å². The third kappa shape index (κ3) is 7.46. The van der Waals surface area contributed by atoms with Gasteiger partial charge in [0.05, 0.1) is 0 Å². The van der Waals surface area contributed by atoms with Gasteiger partial charge in [0.2, 0.25) is 5.91 Å². The summed E-state index contributed by atoms with van der Waals surface area (Å²) in [6.07, 6.45) is 5.73. The molecule has 0 aromatic heterocycles. The molecule has 1 fully saturated rings. The summed E-state index contributed by atoms with van der Waals surface area (Å²) in [5, 5.41) is 15.1. The highest BCUT2D eigenvalue weighted by Gasteiger charge is 2.24. The Morgan fingerprint density at radius 3 is 2.71 bits per heavy atom. The third-order valence-electron chi connectivity index (χ3n) is 4.31. The van der Waals surface area contributed by atoms with Crippen molar-refractivity contribution in [3.05, 3.63) is 0 Å². The Kier molecular flexibility index (Phi) is 8.35. The molecular formula is C16H30N2O3. The van der Waals surface area contributed by atoms with Gasteiger partial charge in [-0.25, -0.2) is 0 Å². The fourth-order valence-electron chi connectivity index (χ4n) is 3.08. The maximum absolute atomic E-state index is 12.1. The van der Waals surface area contributed by atoms with E-state index in [-0.39, 0.29) is 18.2 Å². The van der Waals surface area contributed by atoms with Crippen molar-refractivity contribution < 1.29 is 14.7 Å². The van der Waals surface area contributed by atoms with E-state index in [0.29, 0.717) is 24.9 Å². The summed E-state index contributed by atoms with van der Waals surface area (Å²) in [6.45, 7) is 5.81. The van der Waals surface area contributed by atoms with E-state index >= 15 is 0 Å². The van der Waals surface area contributed by atoms with Crippen molar-refractivity contribution in [1.82, 2.24) is 10.6 Å². The molecule has 1 heterocycles. The smallest absolute Gasteiger partial charge is 0.303 e. The lowest BCUT2D eigenvalue weighted by Gasteiger charge is -2.27. The van der Waals surface area contributed by atoms with Crippen molar-refractivity contribution in [2.45, 2.75) is 64.8 Å². The van der Waals surface area contributed by atoms with Gasteiger partial charge in [-0.15, -0.1) is 0 Å². The lowest BCUT2D eigenvalue weighted by molar-refractivity contribution is -0.137. The molecule has 5 nitrogen and oxygen atoms in total. The molecule has 21 heavy (non-hydrogen) atoms. The normalized spacial score (nSPS) is 23.5. The predicted octanol–water partition coefficient (Wildman–Crippen LogP) is 2.16. The van der Waals surface area contributed by atoms with Crippen molar-refractivity contribution in [2.75, 3.05) is 13.1 Å². The Bertz CT molecular complexity index is 333. The second-order valence-corrected chi connectivity index (χ2v) is 6.24. The van der Waals surface area contributed by atoms with Crippen LogP contribution in [0.2, 0.25) is 0 Å². The van der Waals surface area contributed by atoms with E-state index in [9.17, 15) is 9.59 Å². The first-order valence-electron chi connectivity index (χ1n) is 8.25. The van der Waals surface area contributed by atoms with Crippen LogP contribution >= 0.6 is 0 Å². The first-order chi connectivity index (χ1) is 10.0. The summed E-state index contributed by atoms with van der Waals surface area (Å²) in [4.78, 5) is 22.8. The molecular weight excluding hydrogens is 268 g/mol. The van der Waals surface area contributed by atoms with Crippen molar-refractivity contribution in [3.63, 3.8) is 0 Å². The minimum Gasteiger partial charge on any atom is -0.481 e. The fraction of sp³-hybridized carbons (Fsp3) is 0.875. The standard InChI is InChI=1S/C16H30N2O3/c1-3-4-13(5-6-15(19)20)7-9-18-16(21)14-8-10-17-12(2)11-14/h12-14,17H,3-11H2,1-2H3,(H,18,21)(H,19,20). The molecule has 0 aromatic carbocycles. The summed E-state index contributed by atoms with van der Waals surface area (Å²) in [7, 11) is 0. The molecule has 0 saturated carbocycles. The zero-order valence-electron chi connectivity index (χ0n) is 13.4. The third-order valence-corrected chi connectivity index (χ3v) is 4.31. The molecule has 1 aliphatic heterocycles. The number of carboxylic acids is 1. The van der Waals surface area contributed by atoms with Crippen LogP contribution in [-0.4, -0.2) is 36.1 Å². The first-order valence-corrected chi connectivity index (χ1v) is 8.25. The van der Waals surface area contributed by atoms with Crippen LogP contribution in [0.1, 0.15) is 58.8 Å². The number of rotatable bonds is 9. The summed E-state index contributed by atoms with van der Waals surface area (Å²) in [5.74, 6) is -0.0381. The highest BCUT2D eigenvalue weighted by Crippen LogP contribution is 2.18. The van der Waals surface area contributed by atoms with E-state index < -0.39 is 5.97 Å². The van der Waals surface area contributed by atoms with Gasteiger partial charge in [0, 0.05) is 24.9 Å². The van der Waals surface area contributed by atoms with Gasteiger partial charge >= 0.3 is 5.97 Å². The van der Waals surface area contributed by atoms with E-state index in [1.165, 1.54) is 0 Å². The van der Waals surface area contributed by atoms with Crippen LogP contribution in [-0.2, 0) is 9.59 Å². The van der Waals surface area contributed by atoms with E-state index in [0.717, 1.165) is 38.6 Å². The highest BCUT2D eigenvalue weighted by atomic mass is 16.4. The zero-order valence-corrected chi connectivity index (χ0v) is 13.4. The van der Waals surface area contributed by atoms with Crippen molar-refractivity contribution in [2.24, 2.45) is 11.8 Å². The number of carboxylic acid groups (broad SMARTS) is 1. The maximum Gasteiger partial charge on any atom is 0.303 e. The first kappa shape index (κ1) is 18.0. The van der Waals surface area contributed by atoms with Gasteiger partial charge in [-0.1, -0.05) is 19.8 Å². The molecule has 3 N–H and O–H groups in total. The summed E-state index contributed by atoms with van der Waals surface area (Å²) in [6, 6.07) is 0.415. The number of aliphatic carboxylic acids is 1. The SMILES string of the molecule is CCCC(CCNC(=O)C1CCNC(C)C1)CCC(=O)O. The maximum atomic E-state index is 12.1. The van der Waals surface area contributed by atoms with Crippen LogP contribution in [0.4, 0.5) is 0 Å². The molecule has 1 aliphatic rings. The second-order valence-electron chi connectivity index (χ2n) is 6.24. The molecule has 0 bridgehead atoms. The average Bonchev–Trinajstić information content (AvgIpc) is 2.44. The minimum atomic E-state index is -0.733. The van der Waals surface area contributed by atoms with Gasteiger partial charge in [-0.3, -0.25) is 9.59 Å². The summed E-state index contributed by atoms with van der Waals surface area (Å²) in [5.41, 5.74) is 0. The van der Waals surface area contributed by atoms with Crippen LogP contribution in [0.15, 0.2) is 0 Å². The van der Waals surface area contributed by atoms with Crippen LogP contribution < -0.4 is 10.6 Å². The monoisotopic (exact) mass is 298 g/mol. The molecule has 3 atom stereocenters. The van der Waals surface area contributed by atoms with E-state index in [4.69, 9.17) is 5.11 Å². The van der Waals surface area contributed by atoms with E-state index in [1.807, 2.05) is 0 Å². The van der Waals surface area contributed by atoms with E-state index in [1.54, 1.807) is 0 Å². The Morgan fingerprint density at radius 2 is 2.10 bits per heavy atom. The van der Waals surface area contributed by atoms with Gasteiger partial charge < -0.3 is 15.7 Å². The Labute approximate surface area is 127 Å². The molecule has 1 rings (SSSR count). The van der Waals surface area contributed by atoms with Crippen LogP contribution in [0.25, 0.3) is 0 Å². The number of carbonyl (C=O) groups is 2. The number of carbonyl (C=O) groups excluding carboxylic acids is 1. The predicted molar refractivity (Wildman–Crippen MR) is 83.1 cm³/mol. The molecule has 1 saturated heterocycles. The number of nitrogens with one attached hydrogen (secondary N) is 2. The number of hydrogen-bond donors (Lipinski definition) is 3. The fourth-order valence-corrected chi connectivity index (χ4v) is 3.08. The molecule has 0 aliphatic carbocycles. The lowest BCUT2D eigenvalue weighted by Crippen LogP contribution is -2.42. The highest BCUT2D eigenvalue weighted by molar-refractivity contribution is 5.78. The minimum absolute atomic E-state index is 0.130. The largest absolute Gasteiger partial charge is 0.481 e. The van der Waals surface area contributed by atoms with Crippen molar-refractivity contribution >= 4 is 11.9 Å². The molecule has 5 heteroatoms. The molecule has 0 spiro atoms. The van der Waals surface area contributed by atoms with Crippen LogP contribution in [0, 0.1) is 11.8 Å². The van der Waals surface area contributed by atoms with Gasteiger partial charge in [-0.05, 0) is 45.1 Å². The van der Waals surface area contributed by atoms with Crippen molar-refractivity contribution in [3.8, 4) is 0 Å². The van der Waals surface area contributed by atoms with Gasteiger partial charge in [-0.2, -0.15) is 0 Å². The number of hydrogen-bond acceptors (Lipinski definition) is 3. The zero-order chi connectivity index (χ0) is 15.7. The molecule has 122 valence electrons. The Morgan fingerprint density at radius 1 is 1.33 bits per heavy atom.